The van der Waals surface area contributed by atoms with Crippen molar-refractivity contribution in [1.82, 2.24) is 10.2 Å². The summed E-state index contributed by atoms with van der Waals surface area (Å²) < 4.78 is 0.810. The summed E-state index contributed by atoms with van der Waals surface area (Å²) in [4.78, 5) is 12.2. The largest absolute Gasteiger partial charge is 0.296 e. The molecule has 24 heavy (non-hydrogen) atoms. The number of amides is 1. The molecule has 1 heterocycles. The van der Waals surface area contributed by atoms with Crippen molar-refractivity contribution in [3.63, 3.8) is 0 Å². The highest BCUT2D eigenvalue weighted by atomic mass is 35.5. The van der Waals surface area contributed by atoms with E-state index in [1.165, 1.54) is 11.3 Å². The van der Waals surface area contributed by atoms with Gasteiger partial charge >= 0.3 is 0 Å². The lowest BCUT2D eigenvalue weighted by atomic mass is 10.1. The molecule has 0 saturated carbocycles. The maximum atomic E-state index is 12.2. The number of carbonyl (C=O) groups excluding carboxylic acids is 1. The number of anilines is 1. The molecule has 4 nitrogen and oxygen atoms in total. The number of nitrogens with zero attached hydrogens (tertiary/aromatic N) is 2. The predicted octanol–water partition coefficient (Wildman–Crippen LogP) is 5.04. The van der Waals surface area contributed by atoms with Gasteiger partial charge in [-0.1, -0.05) is 64.5 Å². The lowest BCUT2D eigenvalue weighted by Crippen LogP contribution is -2.11. The summed E-state index contributed by atoms with van der Waals surface area (Å²) in [6.07, 6.45) is 0. The third-order valence-corrected chi connectivity index (χ3v) is 5.48. The van der Waals surface area contributed by atoms with E-state index in [2.05, 4.69) is 15.5 Å². The molecule has 2 aromatic carbocycles. The van der Waals surface area contributed by atoms with Crippen LogP contribution in [0.15, 0.2) is 52.9 Å². The van der Waals surface area contributed by atoms with Crippen LogP contribution in [-0.2, 0) is 5.75 Å². The first-order valence-electron chi connectivity index (χ1n) is 7.19. The van der Waals surface area contributed by atoms with E-state index in [0.717, 1.165) is 26.2 Å². The highest BCUT2D eigenvalue weighted by molar-refractivity contribution is 8.00. The molecule has 0 bridgehead atoms. The molecule has 0 saturated heterocycles. The number of aromatic nitrogens is 2. The number of benzene rings is 2. The standard InChI is InChI=1S/C17H14ClN3OS2/c1-11-3-2-4-13(9-11)15(22)19-16-20-21-17(24-16)23-10-12-5-7-14(18)8-6-12/h2-9H,10H2,1H3,(H,19,20,22). The van der Waals surface area contributed by atoms with Gasteiger partial charge in [0, 0.05) is 16.3 Å². The van der Waals surface area contributed by atoms with Crippen LogP contribution in [0, 0.1) is 6.92 Å². The molecule has 0 atom stereocenters. The number of hydrogen-bond acceptors (Lipinski definition) is 5. The molecule has 1 aromatic heterocycles. The second-order valence-corrected chi connectivity index (χ2v) is 7.75. The summed E-state index contributed by atoms with van der Waals surface area (Å²) in [5, 5.41) is 12.1. The molecule has 0 radical (unpaired) electrons. The van der Waals surface area contributed by atoms with Crippen LogP contribution in [0.25, 0.3) is 0 Å². The first-order chi connectivity index (χ1) is 11.6. The first-order valence-corrected chi connectivity index (χ1v) is 9.37. The molecule has 7 heteroatoms. The van der Waals surface area contributed by atoms with Gasteiger partial charge in [-0.3, -0.25) is 10.1 Å². The zero-order valence-electron chi connectivity index (χ0n) is 12.8. The van der Waals surface area contributed by atoms with Crippen molar-refractivity contribution in [1.29, 1.82) is 0 Å². The Labute approximate surface area is 153 Å². The van der Waals surface area contributed by atoms with Gasteiger partial charge in [0.25, 0.3) is 5.91 Å². The molecule has 0 unspecified atom stereocenters. The highest BCUT2D eigenvalue weighted by Crippen LogP contribution is 2.28. The number of halogens is 1. The van der Waals surface area contributed by atoms with Gasteiger partial charge in [0.15, 0.2) is 4.34 Å². The fourth-order valence-corrected chi connectivity index (χ4v) is 3.83. The van der Waals surface area contributed by atoms with Gasteiger partial charge in [0.05, 0.1) is 0 Å². The molecule has 1 N–H and O–H groups in total. The predicted molar refractivity (Wildman–Crippen MR) is 100 cm³/mol. The summed E-state index contributed by atoms with van der Waals surface area (Å²) >= 11 is 8.81. The van der Waals surface area contributed by atoms with Gasteiger partial charge in [-0.25, -0.2) is 0 Å². The van der Waals surface area contributed by atoms with Crippen LogP contribution < -0.4 is 5.32 Å². The van der Waals surface area contributed by atoms with E-state index < -0.39 is 0 Å². The van der Waals surface area contributed by atoms with E-state index in [1.54, 1.807) is 17.8 Å². The molecule has 1 amide bonds. The molecule has 3 rings (SSSR count). The second kappa shape index (κ2) is 7.79. The van der Waals surface area contributed by atoms with Crippen molar-refractivity contribution in [2.75, 3.05) is 5.32 Å². The average molecular weight is 376 g/mol. The van der Waals surface area contributed by atoms with E-state index in [0.29, 0.717) is 10.7 Å². The van der Waals surface area contributed by atoms with Crippen LogP contribution in [0.5, 0.6) is 0 Å². The molecular formula is C17H14ClN3OS2. The van der Waals surface area contributed by atoms with Gasteiger partial charge in [-0.15, -0.1) is 10.2 Å². The lowest BCUT2D eigenvalue weighted by Gasteiger charge is -2.01. The minimum atomic E-state index is -0.177. The van der Waals surface area contributed by atoms with Crippen molar-refractivity contribution >= 4 is 45.7 Å². The topological polar surface area (TPSA) is 54.9 Å². The third-order valence-electron chi connectivity index (χ3n) is 3.18. The van der Waals surface area contributed by atoms with E-state index in [4.69, 9.17) is 11.6 Å². The molecule has 0 fully saturated rings. The van der Waals surface area contributed by atoms with E-state index >= 15 is 0 Å². The Morgan fingerprint density at radius 1 is 1.21 bits per heavy atom. The minimum absolute atomic E-state index is 0.177. The number of nitrogens with one attached hydrogen (secondary N) is 1. The van der Waals surface area contributed by atoms with Crippen LogP contribution in [0.1, 0.15) is 21.5 Å². The number of thioether (sulfide) groups is 1. The number of carbonyl (C=O) groups is 1. The SMILES string of the molecule is Cc1cccc(C(=O)Nc2nnc(SCc3ccc(Cl)cc3)s2)c1. The van der Waals surface area contributed by atoms with Crippen molar-refractivity contribution in [3.8, 4) is 0 Å². The van der Waals surface area contributed by atoms with E-state index in [-0.39, 0.29) is 5.91 Å². The molecule has 0 spiro atoms. The van der Waals surface area contributed by atoms with Gasteiger partial charge in [0.1, 0.15) is 0 Å². The van der Waals surface area contributed by atoms with Crippen LogP contribution in [0.2, 0.25) is 5.02 Å². The quantitative estimate of drug-likeness (QED) is 0.501. The number of hydrogen-bond donors (Lipinski definition) is 1. The van der Waals surface area contributed by atoms with Crippen molar-refractivity contribution in [2.24, 2.45) is 0 Å². The molecule has 0 aliphatic rings. The summed E-state index contributed by atoms with van der Waals surface area (Å²) in [5.41, 5.74) is 2.81. The fraction of sp³-hybridized carbons (Fsp3) is 0.118. The van der Waals surface area contributed by atoms with E-state index in [1.807, 2.05) is 49.4 Å². The van der Waals surface area contributed by atoms with Crippen molar-refractivity contribution < 1.29 is 4.79 Å². The van der Waals surface area contributed by atoms with Crippen LogP contribution in [-0.4, -0.2) is 16.1 Å². The Morgan fingerprint density at radius 3 is 2.75 bits per heavy atom. The average Bonchev–Trinajstić information content (AvgIpc) is 3.02. The fourth-order valence-electron chi connectivity index (χ4n) is 2.00. The normalized spacial score (nSPS) is 10.6. The Hall–Kier alpha value is -1.89. The monoisotopic (exact) mass is 375 g/mol. The Balaban J connectivity index is 1.59. The molecule has 122 valence electrons. The Morgan fingerprint density at radius 2 is 2.00 bits per heavy atom. The maximum absolute atomic E-state index is 12.2. The van der Waals surface area contributed by atoms with E-state index in [9.17, 15) is 4.79 Å². The Bertz CT molecular complexity index is 849. The third kappa shape index (κ3) is 4.56. The van der Waals surface area contributed by atoms with Gasteiger partial charge in [-0.2, -0.15) is 0 Å². The molecule has 0 aliphatic carbocycles. The highest BCUT2D eigenvalue weighted by Gasteiger charge is 2.10. The maximum Gasteiger partial charge on any atom is 0.257 e. The zero-order valence-corrected chi connectivity index (χ0v) is 15.2. The van der Waals surface area contributed by atoms with Crippen molar-refractivity contribution in [3.05, 3.63) is 70.2 Å². The molecule has 3 aromatic rings. The zero-order chi connectivity index (χ0) is 16.9. The molecular weight excluding hydrogens is 362 g/mol. The van der Waals surface area contributed by atoms with Gasteiger partial charge in [-0.05, 0) is 36.8 Å². The molecule has 0 aliphatic heterocycles. The summed E-state index contributed by atoms with van der Waals surface area (Å²) in [7, 11) is 0. The Kier molecular flexibility index (Phi) is 5.50. The van der Waals surface area contributed by atoms with Gasteiger partial charge < -0.3 is 0 Å². The van der Waals surface area contributed by atoms with Gasteiger partial charge in [0.2, 0.25) is 5.13 Å². The number of rotatable bonds is 5. The van der Waals surface area contributed by atoms with Crippen molar-refractivity contribution in [2.45, 2.75) is 17.0 Å². The van der Waals surface area contributed by atoms with Crippen LogP contribution in [0.4, 0.5) is 5.13 Å². The van der Waals surface area contributed by atoms with Crippen LogP contribution >= 0.6 is 34.7 Å². The smallest absolute Gasteiger partial charge is 0.257 e. The summed E-state index contributed by atoms with van der Waals surface area (Å²) in [5.74, 6) is 0.599. The number of aryl methyl sites for hydroxylation is 1. The minimum Gasteiger partial charge on any atom is -0.296 e. The summed E-state index contributed by atoms with van der Waals surface area (Å²) in [6.45, 7) is 1.95. The van der Waals surface area contributed by atoms with Crippen LogP contribution in [0.3, 0.4) is 0 Å². The first kappa shape index (κ1) is 17.0. The lowest BCUT2D eigenvalue weighted by molar-refractivity contribution is 0.102. The summed E-state index contributed by atoms with van der Waals surface area (Å²) in [6, 6.07) is 15.1. The second-order valence-electron chi connectivity index (χ2n) is 5.11.